The molecule has 0 aromatic heterocycles. The number of benzene rings is 2. The molecule has 0 aliphatic carbocycles. The highest BCUT2D eigenvalue weighted by molar-refractivity contribution is 5.47. The first-order valence-corrected chi connectivity index (χ1v) is 7.45. The van der Waals surface area contributed by atoms with Crippen LogP contribution < -0.4 is 14.8 Å². The average Bonchev–Trinajstić information content (AvgIpc) is 2.55. The molecule has 3 heteroatoms. The summed E-state index contributed by atoms with van der Waals surface area (Å²) in [5.74, 6) is 1.91. The van der Waals surface area contributed by atoms with Crippen LogP contribution in [0.4, 0.5) is 0 Å². The number of rotatable bonds is 4. The Balaban J connectivity index is 1.94. The lowest BCUT2D eigenvalue weighted by atomic mass is 9.89. The molecule has 0 saturated heterocycles. The Morgan fingerprint density at radius 2 is 1.95 bits per heavy atom. The normalized spacial score (nSPS) is 17.1. The van der Waals surface area contributed by atoms with Gasteiger partial charge in [-0.25, -0.2) is 0 Å². The summed E-state index contributed by atoms with van der Waals surface area (Å²) in [7, 11) is 1.74. The van der Waals surface area contributed by atoms with E-state index >= 15 is 0 Å². The fraction of sp³-hybridized carbons (Fsp3) is 0.333. The number of ether oxygens (including phenoxy) is 2. The minimum atomic E-state index is 0.222. The summed E-state index contributed by atoms with van der Waals surface area (Å²) in [6, 6.07) is 14.9. The molecule has 110 valence electrons. The summed E-state index contributed by atoms with van der Waals surface area (Å²) in [6.45, 7) is 3.66. The summed E-state index contributed by atoms with van der Waals surface area (Å²) < 4.78 is 11.0. The van der Waals surface area contributed by atoms with Crippen LogP contribution in [0.2, 0.25) is 0 Å². The topological polar surface area (TPSA) is 30.5 Å². The van der Waals surface area contributed by atoms with Gasteiger partial charge in [-0.2, -0.15) is 0 Å². The zero-order chi connectivity index (χ0) is 14.7. The van der Waals surface area contributed by atoms with Gasteiger partial charge in [-0.05, 0) is 42.7 Å². The van der Waals surface area contributed by atoms with E-state index in [1.807, 2.05) is 25.1 Å². The molecule has 2 aromatic carbocycles. The second-order valence-electron chi connectivity index (χ2n) is 5.17. The van der Waals surface area contributed by atoms with Crippen molar-refractivity contribution in [1.29, 1.82) is 0 Å². The van der Waals surface area contributed by atoms with Crippen molar-refractivity contribution >= 4 is 0 Å². The van der Waals surface area contributed by atoms with Crippen molar-refractivity contribution in [1.82, 2.24) is 5.32 Å². The second-order valence-corrected chi connectivity index (χ2v) is 5.17. The maximum Gasteiger partial charge on any atom is 0.122 e. The van der Waals surface area contributed by atoms with Crippen LogP contribution in [0.5, 0.6) is 11.5 Å². The van der Waals surface area contributed by atoms with Crippen molar-refractivity contribution < 1.29 is 9.47 Å². The highest BCUT2D eigenvalue weighted by Crippen LogP contribution is 2.34. The van der Waals surface area contributed by atoms with Crippen LogP contribution in [0.1, 0.15) is 29.7 Å². The first-order valence-electron chi connectivity index (χ1n) is 7.45. The lowest BCUT2D eigenvalue weighted by molar-refractivity contribution is 0.340. The number of nitrogens with one attached hydrogen (secondary N) is 1. The molecule has 0 amide bonds. The van der Waals surface area contributed by atoms with Crippen LogP contribution >= 0.6 is 0 Å². The van der Waals surface area contributed by atoms with E-state index in [0.29, 0.717) is 6.61 Å². The highest BCUT2D eigenvalue weighted by atomic mass is 16.5. The quantitative estimate of drug-likeness (QED) is 0.933. The van der Waals surface area contributed by atoms with Crippen molar-refractivity contribution in [3.8, 4) is 11.5 Å². The Kier molecular flexibility index (Phi) is 4.11. The largest absolute Gasteiger partial charge is 0.496 e. The number of methoxy groups -OCH3 is 1. The lowest BCUT2D eigenvalue weighted by Crippen LogP contribution is -2.30. The van der Waals surface area contributed by atoms with Gasteiger partial charge in [-0.15, -0.1) is 0 Å². The van der Waals surface area contributed by atoms with Crippen LogP contribution in [-0.2, 0) is 6.42 Å². The van der Waals surface area contributed by atoms with Crippen LogP contribution in [0.25, 0.3) is 0 Å². The second kappa shape index (κ2) is 6.19. The number of hydrogen-bond donors (Lipinski definition) is 1. The third-order valence-corrected chi connectivity index (χ3v) is 3.95. The van der Waals surface area contributed by atoms with Crippen LogP contribution in [0, 0.1) is 0 Å². The van der Waals surface area contributed by atoms with E-state index in [1.165, 1.54) is 16.7 Å². The van der Waals surface area contributed by atoms with Gasteiger partial charge in [-0.1, -0.05) is 24.3 Å². The first-order chi connectivity index (χ1) is 10.3. The van der Waals surface area contributed by atoms with Crippen molar-refractivity contribution in [3.63, 3.8) is 0 Å². The summed E-state index contributed by atoms with van der Waals surface area (Å²) in [5.41, 5.74) is 3.88. The standard InChI is InChI=1S/C18H21NO2/c1-3-21-14-9-7-13(8-10-14)18-16-5-4-6-17(20-2)15(16)11-12-19-18/h4-10,18-19H,3,11-12H2,1-2H3. The van der Waals surface area contributed by atoms with Gasteiger partial charge in [-0.3, -0.25) is 0 Å². The number of hydrogen-bond acceptors (Lipinski definition) is 3. The van der Waals surface area contributed by atoms with Crippen LogP contribution in [0.3, 0.4) is 0 Å². The molecule has 0 bridgehead atoms. The van der Waals surface area contributed by atoms with Gasteiger partial charge in [0.15, 0.2) is 0 Å². The van der Waals surface area contributed by atoms with Crippen molar-refractivity contribution in [3.05, 3.63) is 59.2 Å². The zero-order valence-corrected chi connectivity index (χ0v) is 12.6. The highest BCUT2D eigenvalue weighted by Gasteiger charge is 2.23. The van der Waals surface area contributed by atoms with Crippen molar-refractivity contribution in [2.24, 2.45) is 0 Å². The van der Waals surface area contributed by atoms with Gasteiger partial charge in [0.1, 0.15) is 11.5 Å². The van der Waals surface area contributed by atoms with E-state index in [-0.39, 0.29) is 6.04 Å². The molecular weight excluding hydrogens is 262 g/mol. The molecule has 0 spiro atoms. The Morgan fingerprint density at radius 1 is 1.14 bits per heavy atom. The smallest absolute Gasteiger partial charge is 0.122 e. The van der Waals surface area contributed by atoms with E-state index < -0.39 is 0 Å². The summed E-state index contributed by atoms with van der Waals surface area (Å²) in [6.07, 6.45) is 1.01. The molecule has 2 aromatic rings. The minimum Gasteiger partial charge on any atom is -0.496 e. The molecule has 1 aliphatic rings. The van der Waals surface area contributed by atoms with Crippen molar-refractivity contribution in [2.75, 3.05) is 20.3 Å². The minimum absolute atomic E-state index is 0.222. The Morgan fingerprint density at radius 3 is 2.67 bits per heavy atom. The molecule has 1 unspecified atom stereocenters. The summed E-state index contributed by atoms with van der Waals surface area (Å²) in [4.78, 5) is 0. The molecule has 0 saturated carbocycles. The van der Waals surface area contributed by atoms with Gasteiger partial charge >= 0.3 is 0 Å². The SMILES string of the molecule is CCOc1ccc(C2NCCc3c(OC)cccc32)cc1. The maximum absolute atomic E-state index is 5.51. The monoisotopic (exact) mass is 283 g/mol. The number of fused-ring (bicyclic) bond motifs is 1. The van der Waals surface area contributed by atoms with Crippen LogP contribution in [-0.4, -0.2) is 20.3 Å². The molecule has 21 heavy (non-hydrogen) atoms. The van der Waals surface area contributed by atoms with Gasteiger partial charge in [0.05, 0.1) is 19.8 Å². The van der Waals surface area contributed by atoms with Gasteiger partial charge in [0.25, 0.3) is 0 Å². The van der Waals surface area contributed by atoms with E-state index in [1.54, 1.807) is 7.11 Å². The van der Waals surface area contributed by atoms with Gasteiger partial charge < -0.3 is 14.8 Å². The molecule has 0 fully saturated rings. The average molecular weight is 283 g/mol. The van der Waals surface area contributed by atoms with Gasteiger partial charge in [0.2, 0.25) is 0 Å². The fourth-order valence-electron chi connectivity index (χ4n) is 2.98. The third-order valence-electron chi connectivity index (χ3n) is 3.95. The maximum atomic E-state index is 5.51. The van der Waals surface area contributed by atoms with E-state index in [2.05, 4.69) is 29.6 Å². The molecule has 1 atom stereocenters. The van der Waals surface area contributed by atoms with E-state index in [0.717, 1.165) is 24.5 Å². The van der Waals surface area contributed by atoms with E-state index in [9.17, 15) is 0 Å². The molecule has 1 heterocycles. The van der Waals surface area contributed by atoms with Gasteiger partial charge in [0, 0.05) is 12.1 Å². The Bertz CT molecular complexity index is 607. The Labute approximate surface area is 125 Å². The molecule has 1 aliphatic heterocycles. The zero-order valence-electron chi connectivity index (χ0n) is 12.6. The van der Waals surface area contributed by atoms with E-state index in [4.69, 9.17) is 9.47 Å². The molecular formula is C18H21NO2. The predicted molar refractivity (Wildman–Crippen MR) is 84.2 cm³/mol. The molecule has 3 nitrogen and oxygen atoms in total. The summed E-state index contributed by atoms with van der Waals surface area (Å²) in [5, 5.41) is 3.60. The van der Waals surface area contributed by atoms with Crippen molar-refractivity contribution in [2.45, 2.75) is 19.4 Å². The van der Waals surface area contributed by atoms with Crippen LogP contribution in [0.15, 0.2) is 42.5 Å². The summed E-state index contributed by atoms with van der Waals surface area (Å²) >= 11 is 0. The third kappa shape index (κ3) is 2.74. The Hall–Kier alpha value is -2.00. The first kappa shape index (κ1) is 14.0. The molecule has 0 radical (unpaired) electrons. The molecule has 3 rings (SSSR count). The predicted octanol–water partition coefficient (Wildman–Crippen LogP) is 3.33. The molecule has 1 N–H and O–H groups in total. The lowest BCUT2D eigenvalue weighted by Gasteiger charge is -2.28. The fourth-order valence-corrected chi connectivity index (χ4v) is 2.98.